The molecular weight excluding hydrogens is 394 g/mol. The highest BCUT2D eigenvalue weighted by atomic mass is 16.3. The molecule has 8 nitrogen and oxygen atoms in total. The topological polar surface area (TPSA) is 92.4 Å². The van der Waals surface area contributed by atoms with Crippen LogP contribution in [0.25, 0.3) is 0 Å². The van der Waals surface area contributed by atoms with Crippen molar-refractivity contribution in [2.24, 2.45) is 0 Å². The molecule has 31 heavy (non-hydrogen) atoms. The van der Waals surface area contributed by atoms with E-state index in [1.54, 1.807) is 6.20 Å². The lowest BCUT2D eigenvalue weighted by Crippen LogP contribution is -2.56. The number of hydrogen-bond donors (Lipinski definition) is 2. The van der Waals surface area contributed by atoms with Crippen LogP contribution in [0.2, 0.25) is 0 Å². The average Bonchev–Trinajstić information content (AvgIpc) is 3.38. The molecule has 4 rings (SSSR count). The van der Waals surface area contributed by atoms with Gasteiger partial charge in [0, 0.05) is 31.4 Å². The normalized spacial score (nSPS) is 16.8. The molecule has 3 heterocycles. The van der Waals surface area contributed by atoms with E-state index in [4.69, 9.17) is 4.42 Å². The van der Waals surface area contributed by atoms with Crippen LogP contribution in [0.1, 0.15) is 29.1 Å². The lowest BCUT2D eigenvalue weighted by atomic mass is 10.1. The monoisotopic (exact) mass is 421 g/mol. The first kappa shape index (κ1) is 20.9. The van der Waals surface area contributed by atoms with E-state index in [1.807, 2.05) is 65.2 Å². The van der Waals surface area contributed by atoms with E-state index in [2.05, 4.69) is 15.7 Å². The second-order valence-corrected chi connectivity index (χ2v) is 7.80. The van der Waals surface area contributed by atoms with Crippen LogP contribution in [0.4, 0.5) is 0 Å². The van der Waals surface area contributed by atoms with Gasteiger partial charge in [0.05, 0.1) is 31.7 Å². The van der Waals surface area contributed by atoms with Crippen molar-refractivity contribution in [2.75, 3.05) is 13.1 Å². The maximum absolute atomic E-state index is 12.6. The maximum atomic E-state index is 12.6. The van der Waals surface area contributed by atoms with Crippen molar-refractivity contribution in [2.45, 2.75) is 39.0 Å². The quantitative estimate of drug-likeness (QED) is 0.579. The summed E-state index contributed by atoms with van der Waals surface area (Å²) in [7, 11) is 0. The van der Waals surface area contributed by atoms with Gasteiger partial charge in [-0.15, -0.1) is 0 Å². The number of carbonyl (C=O) groups excluding carboxylic acids is 2. The summed E-state index contributed by atoms with van der Waals surface area (Å²) in [4.78, 5) is 27.0. The van der Waals surface area contributed by atoms with E-state index in [0.29, 0.717) is 32.7 Å². The molecule has 3 aromatic rings. The predicted octanol–water partition coefficient (Wildman–Crippen LogP) is 1.84. The molecule has 0 saturated carbocycles. The Hall–Kier alpha value is -3.39. The second-order valence-electron chi connectivity index (χ2n) is 7.80. The summed E-state index contributed by atoms with van der Waals surface area (Å²) in [5.74, 6) is 1.33. The van der Waals surface area contributed by atoms with E-state index in [1.165, 1.54) is 0 Å². The zero-order valence-corrected chi connectivity index (χ0v) is 17.6. The minimum atomic E-state index is -0.514. The minimum Gasteiger partial charge on any atom is -0.465 e. The SMILES string of the molecule is Cc1ccc(CN2CCNC(=O)C2CC(=O)NCc2cnn(Cc3ccccc3)c2)o1. The van der Waals surface area contributed by atoms with E-state index in [0.717, 1.165) is 22.6 Å². The number of aryl methyl sites for hydroxylation is 1. The molecule has 1 aromatic carbocycles. The molecule has 0 spiro atoms. The number of carbonyl (C=O) groups is 2. The fourth-order valence-electron chi connectivity index (χ4n) is 3.75. The van der Waals surface area contributed by atoms with E-state index < -0.39 is 6.04 Å². The van der Waals surface area contributed by atoms with E-state index in [9.17, 15) is 9.59 Å². The zero-order chi connectivity index (χ0) is 21.6. The van der Waals surface area contributed by atoms with Crippen molar-refractivity contribution in [1.82, 2.24) is 25.3 Å². The van der Waals surface area contributed by atoms with Crippen LogP contribution in [-0.4, -0.2) is 45.6 Å². The van der Waals surface area contributed by atoms with Crippen LogP contribution in [-0.2, 0) is 29.2 Å². The lowest BCUT2D eigenvalue weighted by Gasteiger charge is -2.34. The molecule has 1 atom stereocenters. The number of nitrogens with zero attached hydrogens (tertiary/aromatic N) is 3. The van der Waals surface area contributed by atoms with Crippen LogP contribution in [0.15, 0.2) is 59.3 Å². The largest absolute Gasteiger partial charge is 0.465 e. The molecule has 0 aliphatic carbocycles. The molecule has 2 aromatic heterocycles. The first-order valence-electron chi connectivity index (χ1n) is 10.5. The molecule has 8 heteroatoms. The fourth-order valence-corrected chi connectivity index (χ4v) is 3.75. The highest BCUT2D eigenvalue weighted by Crippen LogP contribution is 2.16. The van der Waals surface area contributed by atoms with Crippen molar-refractivity contribution >= 4 is 11.8 Å². The highest BCUT2D eigenvalue weighted by molar-refractivity contribution is 5.88. The molecule has 2 N–H and O–H groups in total. The molecule has 1 aliphatic heterocycles. The van der Waals surface area contributed by atoms with Crippen molar-refractivity contribution in [3.05, 3.63) is 77.5 Å². The number of benzene rings is 1. The predicted molar refractivity (Wildman–Crippen MR) is 115 cm³/mol. The van der Waals surface area contributed by atoms with Crippen LogP contribution < -0.4 is 10.6 Å². The minimum absolute atomic E-state index is 0.101. The number of amides is 2. The van der Waals surface area contributed by atoms with Gasteiger partial charge in [0.15, 0.2) is 0 Å². The van der Waals surface area contributed by atoms with Crippen molar-refractivity contribution in [1.29, 1.82) is 0 Å². The Morgan fingerprint density at radius 3 is 2.81 bits per heavy atom. The van der Waals surface area contributed by atoms with Crippen LogP contribution in [0.5, 0.6) is 0 Å². The number of aromatic nitrogens is 2. The first-order valence-corrected chi connectivity index (χ1v) is 10.5. The third-order valence-electron chi connectivity index (χ3n) is 5.34. The van der Waals surface area contributed by atoms with Gasteiger partial charge in [-0.3, -0.25) is 19.2 Å². The van der Waals surface area contributed by atoms with E-state index in [-0.39, 0.29) is 18.2 Å². The third kappa shape index (κ3) is 5.61. The van der Waals surface area contributed by atoms with Crippen molar-refractivity contribution in [3.63, 3.8) is 0 Å². The van der Waals surface area contributed by atoms with Crippen LogP contribution >= 0.6 is 0 Å². The molecule has 2 amide bonds. The summed E-state index contributed by atoms with van der Waals surface area (Å²) < 4.78 is 7.49. The van der Waals surface area contributed by atoms with Crippen LogP contribution in [0.3, 0.4) is 0 Å². The van der Waals surface area contributed by atoms with Crippen LogP contribution in [0, 0.1) is 6.92 Å². The Morgan fingerprint density at radius 2 is 2.03 bits per heavy atom. The number of piperazine rings is 1. The van der Waals surface area contributed by atoms with Gasteiger partial charge in [-0.05, 0) is 24.6 Å². The summed E-state index contributed by atoms with van der Waals surface area (Å²) in [6.07, 6.45) is 3.78. The van der Waals surface area contributed by atoms with Gasteiger partial charge in [-0.2, -0.15) is 5.10 Å². The average molecular weight is 422 g/mol. The smallest absolute Gasteiger partial charge is 0.237 e. The Morgan fingerprint density at radius 1 is 1.19 bits per heavy atom. The number of nitrogens with one attached hydrogen (secondary N) is 2. The number of furan rings is 1. The lowest BCUT2D eigenvalue weighted by molar-refractivity contribution is -0.134. The second kappa shape index (κ2) is 9.61. The molecule has 0 radical (unpaired) electrons. The van der Waals surface area contributed by atoms with Gasteiger partial charge in [0.1, 0.15) is 11.5 Å². The summed E-state index contributed by atoms with van der Waals surface area (Å²) >= 11 is 0. The van der Waals surface area contributed by atoms with Gasteiger partial charge in [-0.25, -0.2) is 0 Å². The third-order valence-corrected chi connectivity index (χ3v) is 5.34. The summed E-state index contributed by atoms with van der Waals surface area (Å²) in [6, 6.07) is 13.4. The van der Waals surface area contributed by atoms with Gasteiger partial charge >= 0.3 is 0 Å². The number of hydrogen-bond acceptors (Lipinski definition) is 5. The molecule has 1 saturated heterocycles. The number of rotatable bonds is 8. The van der Waals surface area contributed by atoms with Gasteiger partial charge < -0.3 is 15.1 Å². The summed E-state index contributed by atoms with van der Waals surface area (Å²) in [6.45, 7) is 4.69. The Kier molecular flexibility index (Phi) is 6.47. The Labute approximate surface area is 181 Å². The molecule has 1 unspecified atom stereocenters. The first-order chi connectivity index (χ1) is 15.1. The van der Waals surface area contributed by atoms with Gasteiger partial charge in [0.25, 0.3) is 0 Å². The fraction of sp³-hybridized carbons (Fsp3) is 0.348. The summed E-state index contributed by atoms with van der Waals surface area (Å²) in [5, 5.41) is 10.1. The highest BCUT2D eigenvalue weighted by Gasteiger charge is 2.32. The molecule has 162 valence electrons. The van der Waals surface area contributed by atoms with Gasteiger partial charge in [-0.1, -0.05) is 30.3 Å². The Bertz CT molecular complexity index is 1030. The molecular formula is C23H27N5O3. The van der Waals surface area contributed by atoms with E-state index >= 15 is 0 Å². The molecule has 0 bridgehead atoms. The van der Waals surface area contributed by atoms with Crippen molar-refractivity contribution in [3.8, 4) is 0 Å². The van der Waals surface area contributed by atoms with Gasteiger partial charge in [0.2, 0.25) is 11.8 Å². The molecule has 1 aliphatic rings. The maximum Gasteiger partial charge on any atom is 0.237 e. The standard InChI is InChI=1S/C23H27N5O3/c1-17-7-8-20(31-17)16-27-10-9-24-23(30)21(27)11-22(29)25-12-19-13-26-28(15-19)14-18-5-3-2-4-6-18/h2-8,13,15,21H,9-12,14,16H2,1H3,(H,24,30)(H,25,29). The van der Waals surface area contributed by atoms with Crippen molar-refractivity contribution < 1.29 is 14.0 Å². The zero-order valence-electron chi connectivity index (χ0n) is 17.6. The summed E-state index contributed by atoms with van der Waals surface area (Å²) in [5.41, 5.74) is 2.08. The molecule has 1 fully saturated rings. The Balaban J connectivity index is 1.30.